The van der Waals surface area contributed by atoms with Crippen LogP contribution in [0.15, 0.2) is 42.5 Å². The van der Waals surface area contributed by atoms with Gasteiger partial charge in [-0.2, -0.15) is 0 Å². The molecule has 0 aromatic heterocycles. The first-order chi connectivity index (χ1) is 10.0. The van der Waals surface area contributed by atoms with Gasteiger partial charge in [0.2, 0.25) is 0 Å². The second kappa shape index (κ2) is 8.92. The van der Waals surface area contributed by atoms with Crippen LogP contribution in [0.1, 0.15) is 25.3 Å². The van der Waals surface area contributed by atoms with E-state index in [1.165, 1.54) is 0 Å². The molecule has 0 aliphatic heterocycles. The minimum atomic E-state index is -0.688. The highest BCUT2D eigenvalue weighted by atomic mass is 16.5. The SMILES string of the molecule is C=C(CC(=O)OCC(O)CC)C(=O)OCc1ccccc1. The Morgan fingerprint density at radius 2 is 1.90 bits per heavy atom. The molecule has 0 radical (unpaired) electrons. The van der Waals surface area contributed by atoms with Crippen molar-refractivity contribution in [1.29, 1.82) is 0 Å². The van der Waals surface area contributed by atoms with Crippen LogP contribution in [-0.4, -0.2) is 29.8 Å². The highest BCUT2D eigenvalue weighted by molar-refractivity contribution is 5.93. The van der Waals surface area contributed by atoms with Crippen LogP contribution in [0.5, 0.6) is 0 Å². The molecule has 0 fully saturated rings. The van der Waals surface area contributed by atoms with E-state index in [1.54, 1.807) is 6.92 Å². The van der Waals surface area contributed by atoms with Crippen molar-refractivity contribution in [3.05, 3.63) is 48.0 Å². The zero-order valence-electron chi connectivity index (χ0n) is 12.1. The molecule has 0 saturated heterocycles. The van der Waals surface area contributed by atoms with Crippen molar-refractivity contribution in [3.63, 3.8) is 0 Å². The molecule has 0 aliphatic carbocycles. The number of carbonyl (C=O) groups is 2. The van der Waals surface area contributed by atoms with E-state index >= 15 is 0 Å². The number of benzene rings is 1. The van der Waals surface area contributed by atoms with Crippen LogP contribution in [-0.2, 0) is 25.7 Å². The third kappa shape index (κ3) is 6.72. The van der Waals surface area contributed by atoms with Crippen LogP contribution in [0.4, 0.5) is 0 Å². The van der Waals surface area contributed by atoms with Crippen molar-refractivity contribution in [2.24, 2.45) is 0 Å². The molecule has 1 rings (SSSR count). The maximum absolute atomic E-state index is 11.7. The zero-order chi connectivity index (χ0) is 15.7. The van der Waals surface area contributed by atoms with Gasteiger partial charge in [0.05, 0.1) is 12.5 Å². The van der Waals surface area contributed by atoms with Crippen molar-refractivity contribution >= 4 is 11.9 Å². The number of ether oxygens (including phenoxy) is 2. The average molecular weight is 292 g/mol. The van der Waals surface area contributed by atoms with Crippen molar-refractivity contribution in [2.75, 3.05) is 6.61 Å². The summed E-state index contributed by atoms with van der Waals surface area (Å²) in [5.74, 6) is -1.24. The smallest absolute Gasteiger partial charge is 0.334 e. The molecule has 0 aliphatic rings. The Hall–Kier alpha value is -2.14. The summed E-state index contributed by atoms with van der Waals surface area (Å²) < 4.78 is 9.86. The van der Waals surface area contributed by atoms with Crippen LogP contribution >= 0.6 is 0 Å². The largest absolute Gasteiger partial charge is 0.463 e. The second-order valence-electron chi connectivity index (χ2n) is 4.59. The molecule has 0 spiro atoms. The summed E-state index contributed by atoms with van der Waals surface area (Å²) in [6.45, 7) is 5.34. The summed E-state index contributed by atoms with van der Waals surface area (Å²) in [6, 6.07) is 9.21. The zero-order valence-corrected chi connectivity index (χ0v) is 12.1. The number of esters is 2. The molecule has 0 amide bonds. The van der Waals surface area contributed by atoms with Crippen molar-refractivity contribution in [3.8, 4) is 0 Å². The highest BCUT2D eigenvalue weighted by Gasteiger charge is 2.15. The summed E-state index contributed by atoms with van der Waals surface area (Å²) in [7, 11) is 0. The fraction of sp³-hybridized carbons (Fsp3) is 0.375. The maximum Gasteiger partial charge on any atom is 0.334 e. The van der Waals surface area contributed by atoms with Gasteiger partial charge in [-0.3, -0.25) is 4.79 Å². The lowest BCUT2D eigenvalue weighted by Gasteiger charge is -2.10. The van der Waals surface area contributed by atoms with Gasteiger partial charge in [0.15, 0.2) is 0 Å². The van der Waals surface area contributed by atoms with Crippen LogP contribution in [0.3, 0.4) is 0 Å². The van der Waals surface area contributed by atoms with Crippen LogP contribution in [0.25, 0.3) is 0 Å². The van der Waals surface area contributed by atoms with Crippen LogP contribution < -0.4 is 0 Å². The Bertz CT molecular complexity index is 481. The standard InChI is InChI=1S/C16H20O5/c1-3-14(17)11-20-15(18)9-12(2)16(19)21-10-13-7-5-4-6-8-13/h4-8,14,17H,2-3,9-11H2,1H3. The fourth-order valence-electron chi connectivity index (χ4n) is 1.43. The number of aliphatic hydroxyl groups excluding tert-OH is 1. The van der Waals surface area contributed by atoms with Gasteiger partial charge in [0, 0.05) is 5.57 Å². The average Bonchev–Trinajstić information content (AvgIpc) is 2.51. The summed E-state index contributed by atoms with van der Waals surface area (Å²) in [6.07, 6.45) is -0.440. The van der Waals surface area contributed by atoms with Crippen molar-refractivity contribution in [1.82, 2.24) is 0 Å². The molecule has 1 aromatic rings. The molecular formula is C16H20O5. The molecule has 1 aromatic carbocycles. The van der Waals surface area contributed by atoms with Crippen molar-refractivity contribution in [2.45, 2.75) is 32.5 Å². The van der Waals surface area contributed by atoms with Gasteiger partial charge < -0.3 is 14.6 Å². The van der Waals surface area contributed by atoms with Gasteiger partial charge in [0.1, 0.15) is 13.2 Å². The third-order valence-electron chi connectivity index (χ3n) is 2.77. The summed E-state index contributed by atoms with van der Waals surface area (Å²) in [5.41, 5.74) is 0.884. The number of hydrogen-bond acceptors (Lipinski definition) is 5. The van der Waals surface area contributed by atoms with Crippen LogP contribution in [0.2, 0.25) is 0 Å². The molecule has 114 valence electrons. The Morgan fingerprint density at radius 3 is 2.52 bits per heavy atom. The molecule has 21 heavy (non-hydrogen) atoms. The lowest BCUT2D eigenvalue weighted by Crippen LogP contribution is -2.19. The van der Waals surface area contributed by atoms with E-state index in [4.69, 9.17) is 9.47 Å². The van der Waals surface area contributed by atoms with E-state index in [2.05, 4.69) is 6.58 Å². The lowest BCUT2D eigenvalue weighted by molar-refractivity contribution is -0.148. The van der Waals surface area contributed by atoms with Gasteiger partial charge in [-0.05, 0) is 12.0 Å². The molecular weight excluding hydrogens is 272 g/mol. The number of hydrogen-bond donors (Lipinski definition) is 1. The Morgan fingerprint density at radius 1 is 1.24 bits per heavy atom. The van der Waals surface area contributed by atoms with Gasteiger partial charge in [-0.15, -0.1) is 0 Å². The molecule has 0 heterocycles. The van der Waals surface area contributed by atoms with Gasteiger partial charge in [0.25, 0.3) is 0 Å². The highest BCUT2D eigenvalue weighted by Crippen LogP contribution is 2.07. The first-order valence-corrected chi connectivity index (χ1v) is 6.75. The van der Waals surface area contributed by atoms with Gasteiger partial charge >= 0.3 is 11.9 Å². The van der Waals surface area contributed by atoms with E-state index in [0.29, 0.717) is 6.42 Å². The van der Waals surface area contributed by atoms with E-state index < -0.39 is 18.0 Å². The third-order valence-corrected chi connectivity index (χ3v) is 2.77. The quantitative estimate of drug-likeness (QED) is 0.586. The first kappa shape index (κ1) is 16.9. The molecule has 1 N–H and O–H groups in total. The Kier molecular flexibility index (Phi) is 7.18. The predicted molar refractivity (Wildman–Crippen MR) is 77.3 cm³/mol. The molecule has 0 bridgehead atoms. The summed E-state index contributed by atoms with van der Waals surface area (Å²) >= 11 is 0. The maximum atomic E-state index is 11.7. The normalized spacial score (nSPS) is 11.5. The topological polar surface area (TPSA) is 72.8 Å². The summed E-state index contributed by atoms with van der Waals surface area (Å²) in [5, 5.41) is 9.27. The minimum absolute atomic E-state index is 0.0296. The number of aliphatic hydroxyl groups is 1. The molecule has 1 unspecified atom stereocenters. The molecule has 1 atom stereocenters. The first-order valence-electron chi connectivity index (χ1n) is 6.75. The van der Waals surface area contributed by atoms with E-state index in [0.717, 1.165) is 5.56 Å². The van der Waals surface area contributed by atoms with Gasteiger partial charge in [-0.1, -0.05) is 43.8 Å². The van der Waals surface area contributed by atoms with E-state index in [9.17, 15) is 14.7 Å². The number of rotatable bonds is 8. The Labute approximate surface area is 124 Å². The fourth-order valence-corrected chi connectivity index (χ4v) is 1.43. The van der Waals surface area contributed by atoms with Crippen LogP contribution in [0, 0.1) is 0 Å². The van der Waals surface area contributed by atoms with Gasteiger partial charge in [-0.25, -0.2) is 4.79 Å². The lowest BCUT2D eigenvalue weighted by atomic mass is 10.2. The van der Waals surface area contributed by atoms with E-state index in [1.807, 2.05) is 30.3 Å². The summed E-state index contributed by atoms with van der Waals surface area (Å²) in [4.78, 5) is 23.1. The van der Waals surface area contributed by atoms with Crippen molar-refractivity contribution < 1.29 is 24.2 Å². The molecule has 5 heteroatoms. The minimum Gasteiger partial charge on any atom is -0.463 e. The monoisotopic (exact) mass is 292 g/mol. The Balaban J connectivity index is 2.31. The molecule has 5 nitrogen and oxygen atoms in total. The van der Waals surface area contributed by atoms with E-state index in [-0.39, 0.29) is 25.2 Å². The number of carbonyl (C=O) groups excluding carboxylic acids is 2. The second-order valence-corrected chi connectivity index (χ2v) is 4.59. The molecule has 0 saturated carbocycles. The predicted octanol–water partition coefficient (Wildman–Crippen LogP) is 1.99.